The van der Waals surface area contributed by atoms with Crippen LogP contribution in [0.4, 0.5) is 0 Å². The zero-order valence-electron chi connectivity index (χ0n) is 10.7. The lowest BCUT2D eigenvalue weighted by Crippen LogP contribution is -2.21. The summed E-state index contributed by atoms with van der Waals surface area (Å²) in [5.74, 6) is 0. The summed E-state index contributed by atoms with van der Waals surface area (Å²) in [6.45, 7) is 7.47. The number of thiophene rings is 1. The fraction of sp³-hybridized carbons (Fsp3) is 0.333. The molecule has 0 unspecified atom stereocenters. The molecule has 0 aliphatic heterocycles. The quantitative estimate of drug-likeness (QED) is 0.850. The van der Waals surface area contributed by atoms with Gasteiger partial charge in [0.2, 0.25) is 0 Å². The van der Waals surface area contributed by atoms with Crippen molar-refractivity contribution in [2.24, 2.45) is 0 Å². The van der Waals surface area contributed by atoms with Crippen LogP contribution in [0.15, 0.2) is 35.7 Å². The highest BCUT2D eigenvalue weighted by atomic mass is 32.1. The van der Waals surface area contributed by atoms with Crippen LogP contribution in [0, 0.1) is 6.92 Å². The highest BCUT2D eigenvalue weighted by molar-refractivity contribution is 7.10. The second kappa shape index (κ2) is 5.48. The zero-order valence-corrected chi connectivity index (χ0v) is 11.5. The maximum absolute atomic E-state index is 3.45. The lowest BCUT2D eigenvalue weighted by atomic mass is 10.0. The molecule has 0 aliphatic carbocycles. The molecule has 2 heteroatoms. The molecule has 2 aromatic rings. The van der Waals surface area contributed by atoms with E-state index in [1.807, 2.05) is 11.3 Å². The topological polar surface area (TPSA) is 12.0 Å². The van der Waals surface area contributed by atoms with E-state index in [2.05, 4.69) is 61.8 Å². The average Bonchev–Trinajstić information content (AvgIpc) is 2.73. The summed E-state index contributed by atoms with van der Waals surface area (Å²) in [6.07, 6.45) is 0. The first kappa shape index (κ1) is 12.3. The molecule has 1 heterocycles. The molecule has 17 heavy (non-hydrogen) atoms. The van der Waals surface area contributed by atoms with E-state index in [1.54, 1.807) is 0 Å². The molecule has 0 radical (unpaired) electrons. The van der Waals surface area contributed by atoms with Crippen LogP contribution in [-0.4, -0.2) is 6.04 Å². The molecule has 0 saturated heterocycles. The summed E-state index contributed by atoms with van der Waals surface area (Å²) in [7, 11) is 0. The van der Waals surface area contributed by atoms with E-state index in [0.29, 0.717) is 6.04 Å². The van der Waals surface area contributed by atoms with E-state index in [4.69, 9.17) is 0 Å². The van der Waals surface area contributed by atoms with E-state index < -0.39 is 0 Å². The maximum atomic E-state index is 3.45. The van der Waals surface area contributed by atoms with Crippen molar-refractivity contribution in [1.29, 1.82) is 0 Å². The number of rotatable bonds is 4. The van der Waals surface area contributed by atoms with Crippen molar-refractivity contribution in [3.63, 3.8) is 0 Å². The van der Waals surface area contributed by atoms with E-state index in [1.165, 1.54) is 21.6 Å². The fourth-order valence-electron chi connectivity index (χ4n) is 1.86. The van der Waals surface area contributed by atoms with Crippen LogP contribution < -0.4 is 5.32 Å². The molecule has 1 aromatic heterocycles. The molecule has 1 nitrogen and oxygen atoms in total. The van der Waals surface area contributed by atoms with E-state index in [0.717, 1.165) is 6.54 Å². The Hall–Kier alpha value is -1.12. The summed E-state index contributed by atoms with van der Waals surface area (Å²) >= 11 is 1.81. The predicted molar refractivity (Wildman–Crippen MR) is 76.5 cm³/mol. The molecule has 0 amide bonds. The van der Waals surface area contributed by atoms with Crippen LogP contribution in [0.1, 0.15) is 24.3 Å². The van der Waals surface area contributed by atoms with Crippen molar-refractivity contribution in [3.8, 4) is 11.1 Å². The third-order valence-electron chi connectivity index (χ3n) is 2.81. The van der Waals surface area contributed by atoms with Gasteiger partial charge in [0.15, 0.2) is 0 Å². The highest BCUT2D eigenvalue weighted by Gasteiger charge is 2.03. The minimum absolute atomic E-state index is 0.529. The number of benzene rings is 1. The van der Waals surface area contributed by atoms with Crippen molar-refractivity contribution in [2.45, 2.75) is 33.4 Å². The predicted octanol–water partition coefficient (Wildman–Crippen LogP) is 4.22. The number of nitrogens with one attached hydrogen (secondary N) is 1. The van der Waals surface area contributed by atoms with E-state index >= 15 is 0 Å². The van der Waals surface area contributed by atoms with Gasteiger partial charge in [-0.1, -0.05) is 32.0 Å². The first-order chi connectivity index (χ1) is 8.16. The molecule has 1 N–H and O–H groups in total. The zero-order chi connectivity index (χ0) is 12.3. The van der Waals surface area contributed by atoms with Gasteiger partial charge in [-0.3, -0.25) is 0 Å². The monoisotopic (exact) mass is 245 g/mol. The fourth-order valence-corrected chi connectivity index (χ4v) is 2.58. The van der Waals surface area contributed by atoms with Gasteiger partial charge in [0.05, 0.1) is 0 Å². The molecule has 1 aromatic carbocycles. The van der Waals surface area contributed by atoms with Gasteiger partial charge in [0.25, 0.3) is 0 Å². The first-order valence-corrected chi connectivity index (χ1v) is 6.91. The number of aryl methyl sites for hydroxylation is 1. The molecule has 0 fully saturated rings. The second-order valence-electron chi connectivity index (χ2n) is 4.63. The van der Waals surface area contributed by atoms with Crippen LogP contribution in [-0.2, 0) is 6.54 Å². The number of hydrogen-bond donors (Lipinski definition) is 1. The molecule has 0 saturated carbocycles. The van der Waals surface area contributed by atoms with E-state index in [-0.39, 0.29) is 0 Å². The van der Waals surface area contributed by atoms with Crippen molar-refractivity contribution in [1.82, 2.24) is 5.32 Å². The van der Waals surface area contributed by atoms with Crippen molar-refractivity contribution >= 4 is 11.3 Å². The largest absolute Gasteiger partial charge is 0.310 e. The summed E-state index contributed by atoms with van der Waals surface area (Å²) in [5, 5.41) is 5.61. The average molecular weight is 245 g/mol. The Bertz CT molecular complexity index is 485. The molecular formula is C15H19NS. The van der Waals surface area contributed by atoms with Gasteiger partial charge in [-0.05, 0) is 41.1 Å². The van der Waals surface area contributed by atoms with Gasteiger partial charge in [-0.25, -0.2) is 0 Å². The Labute approximate surface area is 108 Å². The minimum Gasteiger partial charge on any atom is -0.310 e. The molecule has 90 valence electrons. The van der Waals surface area contributed by atoms with Crippen molar-refractivity contribution < 1.29 is 0 Å². The Morgan fingerprint density at radius 1 is 1.24 bits per heavy atom. The maximum Gasteiger partial charge on any atom is 0.0208 e. The molecule has 0 atom stereocenters. The van der Waals surface area contributed by atoms with Gasteiger partial charge >= 0.3 is 0 Å². The lowest BCUT2D eigenvalue weighted by Gasteiger charge is -2.09. The second-order valence-corrected chi connectivity index (χ2v) is 5.75. The summed E-state index contributed by atoms with van der Waals surface area (Å²) in [6, 6.07) is 11.5. The SMILES string of the molecule is Cc1sccc1-c1cccc(CNC(C)C)c1. The number of hydrogen-bond acceptors (Lipinski definition) is 2. The Kier molecular flexibility index (Phi) is 3.97. The van der Waals surface area contributed by atoms with Gasteiger partial charge in [-0.2, -0.15) is 0 Å². The van der Waals surface area contributed by atoms with Crippen LogP contribution in [0.5, 0.6) is 0 Å². The van der Waals surface area contributed by atoms with Gasteiger partial charge in [0, 0.05) is 17.5 Å². The van der Waals surface area contributed by atoms with Crippen LogP contribution >= 0.6 is 11.3 Å². The molecule has 0 aliphatic rings. The van der Waals surface area contributed by atoms with Crippen LogP contribution in [0.3, 0.4) is 0 Å². The third-order valence-corrected chi connectivity index (χ3v) is 3.66. The Balaban J connectivity index is 2.20. The Morgan fingerprint density at radius 2 is 2.06 bits per heavy atom. The van der Waals surface area contributed by atoms with Gasteiger partial charge in [-0.15, -0.1) is 11.3 Å². The molecule has 0 bridgehead atoms. The van der Waals surface area contributed by atoms with Crippen LogP contribution in [0.25, 0.3) is 11.1 Å². The molecule has 0 spiro atoms. The highest BCUT2D eigenvalue weighted by Crippen LogP contribution is 2.27. The van der Waals surface area contributed by atoms with Gasteiger partial charge in [0.1, 0.15) is 0 Å². The third kappa shape index (κ3) is 3.18. The normalized spacial score (nSPS) is 11.1. The summed E-state index contributed by atoms with van der Waals surface area (Å²) < 4.78 is 0. The van der Waals surface area contributed by atoms with Gasteiger partial charge < -0.3 is 5.32 Å². The summed E-state index contributed by atoms with van der Waals surface area (Å²) in [5.41, 5.74) is 4.04. The standard InChI is InChI=1S/C15H19NS/c1-11(2)16-10-13-5-4-6-14(9-13)15-7-8-17-12(15)3/h4-9,11,16H,10H2,1-3H3. The van der Waals surface area contributed by atoms with Crippen molar-refractivity contribution in [2.75, 3.05) is 0 Å². The summed E-state index contributed by atoms with van der Waals surface area (Å²) in [4.78, 5) is 1.39. The lowest BCUT2D eigenvalue weighted by molar-refractivity contribution is 0.589. The minimum atomic E-state index is 0.529. The van der Waals surface area contributed by atoms with E-state index in [9.17, 15) is 0 Å². The first-order valence-electron chi connectivity index (χ1n) is 6.03. The van der Waals surface area contributed by atoms with Crippen LogP contribution in [0.2, 0.25) is 0 Å². The molecule has 2 rings (SSSR count). The molecular weight excluding hydrogens is 226 g/mol. The van der Waals surface area contributed by atoms with Crippen molar-refractivity contribution in [3.05, 3.63) is 46.2 Å². The smallest absolute Gasteiger partial charge is 0.0208 e. The Morgan fingerprint density at radius 3 is 2.71 bits per heavy atom.